The Morgan fingerprint density at radius 1 is 1.18 bits per heavy atom. The first kappa shape index (κ1) is 28.1. The number of rotatable bonds is 6. The molecule has 0 radical (unpaired) electrons. The highest BCUT2D eigenvalue weighted by molar-refractivity contribution is 5.92. The molecule has 0 saturated heterocycles. The number of hydrogen-bond acceptors (Lipinski definition) is 7. The van der Waals surface area contributed by atoms with Gasteiger partial charge in [0.2, 0.25) is 0 Å². The lowest BCUT2D eigenvalue weighted by molar-refractivity contribution is -0.192. The molecule has 0 aliphatic carbocycles. The minimum atomic E-state index is -5.08. The molecule has 0 fully saturated rings. The minimum Gasteiger partial charge on any atom is -0.475 e. The van der Waals surface area contributed by atoms with E-state index in [1.54, 1.807) is 42.6 Å². The van der Waals surface area contributed by atoms with Crippen LogP contribution in [0.3, 0.4) is 0 Å². The molecule has 0 aliphatic heterocycles. The highest BCUT2D eigenvalue weighted by Gasteiger charge is 2.38. The number of alkyl halides is 3. The molecule has 5 rings (SSSR count). The van der Waals surface area contributed by atoms with Crippen molar-refractivity contribution in [1.82, 2.24) is 19.7 Å². The fourth-order valence-electron chi connectivity index (χ4n) is 3.94. The van der Waals surface area contributed by atoms with Crippen LogP contribution in [0.5, 0.6) is 0 Å². The van der Waals surface area contributed by atoms with Crippen molar-refractivity contribution in [3.8, 4) is 11.4 Å². The van der Waals surface area contributed by atoms with Crippen LogP contribution in [0.25, 0.3) is 22.2 Å². The topological polar surface area (TPSA) is 132 Å². The van der Waals surface area contributed by atoms with E-state index < -0.39 is 18.2 Å². The summed E-state index contributed by atoms with van der Waals surface area (Å²) in [6.45, 7) is 2.04. The van der Waals surface area contributed by atoms with Crippen LogP contribution in [0.15, 0.2) is 71.7 Å². The van der Waals surface area contributed by atoms with Gasteiger partial charge < -0.3 is 20.6 Å². The molecule has 3 aromatic heterocycles. The maximum atomic E-state index is 15.1. The van der Waals surface area contributed by atoms with Crippen LogP contribution < -0.4 is 11.1 Å². The molecule has 208 valence electrons. The van der Waals surface area contributed by atoms with E-state index in [0.29, 0.717) is 23.0 Å². The van der Waals surface area contributed by atoms with Gasteiger partial charge in [0, 0.05) is 29.9 Å². The monoisotopic (exact) mass is 556 g/mol. The number of aliphatic carboxylic acids is 1. The predicted molar refractivity (Wildman–Crippen MR) is 140 cm³/mol. The number of nitrogens with one attached hydrogen (secondary N) is 1. The molecule has 40 heavy (non-hydrogen) atoms. The van der Waals surface area contributed by atoms with Gasteiger partial charge in [0.15, 0.2) is 11.6 Å². The number of nitrogen functional groups attached to an aromatic ring is 1. The SMILES string of the molecule is CCc1ccc(F)c(C(Nc2ccc3c(N)nccc3c2)c2nc(-c3ccoc3)nn2C)c1.O=C(O)C(F)(F)F. The summed E-state index contributed by atoms with van der Waals surface area (Å²) in [5, 5.41) is 16.9. The van der Waals surface area contributed by atoms with Crippen LogP contribution in [-0.4, -0.2) is 37.0 Å². The van der Waals surface area contributed by atoms with Crippen molar-refractivity contribution in [2.45, 2.75) is 25.6 Å². The number of carbonyl (C=O) groups is 1. The van der Waals surface area contributed by atoms with Crippen molar-refractivity contribution in [3.63, 3.8) is 0 Å². The van der Waals surface area contributed by atoms with Crippen molar-refractivity contribution in [3.05, 3.63) is 90.0 Å². The van der Waals surface area contributed by atoms with Gasteiger partial charge in [-0.05, 0) is 53.8 Å². The Hall–Kier alpha value is -4.94. The highest BCUT2D eigenvalue weighted by atomic mass is 19.4. The third-order valence-electron chi connectivity index (χ3n) is 5.96. The normalized spacial score (nSPS) is 12.1. The fourth-order valence-corrected chi connectivity index (χ4v) is 3.94. The van der Waals surface area contributed by atoms with Crippen LogP contribution in [-0.2, 0) is 18.3 Å². The molecule has 0 saturated carbocycles. The van der Waals surface area contributed by atoms with Gasteiger partial charge in [-0.25, -0.2) is 19.2 Å². The number of nitrogens with two attached hydrogens (primary N) is 1. The molecule has 4 N–H and O–H groups in total. The number of fused-ring (bicyclic) bond motifs is 1. The molecule has 1 unspecified atom stereocenters. The summed E-state index contributed by atoms with van der Waals surface area (Å²) in [5.41, 5.74) is 9.09. The van der Waals surface area contributed by atoms with E-state index in [0.717, 1.165) is 34.0 Å². The van der Waals surface area contributed by atoms with Crippen LogP contribution >= 0.6 is 0 Å². The molecule has 2 aromatic carbocycles. The van der Waals surface area contributed by atoms with E-state index in [-0.39, 0.29) is 5.82 Å². The first-order valence-corrected chi connectivity index (χ1v) is 11.9. The molecule has 1 atom stereocenters. The maximum absolute atomic E-state index is 15.1. The standard InChI is InChI=1S/C25H23FN6O.C2HF3O2/c1-3-15-4-7-21(26)20(12-15)22(25-30-24(31-32(25)2)17-9-11-33-14-17)29-18-5-6-19-16(13-18)8-10-28-23(19)27;3-2(4,5)1(6)7/h4-14,22,29H,3H2,1-2H3,(H2,27,28);(H,6,7). The Bertz CT molecular complexity index is 1630. The number of aromatic nitrogens is 4. The number of anilines is 2. The molecule has 0 aliphatic rings. The van der Waals surface area contributed by atoms with E-state index in [2.05, 4.69) is 15.4 Å². The summed E-state index contributed by atoms with van der Waals surface area (Å²) in [6, 6.07) is 14.1. The Labute approximate surface area is 225 Å². The van der Waals surface area contributed by atoms with Gasteiger partial charge in [-0.3, -0.25) is 4.68 Å². The fraction of sp³-hybridized carbons (Fsp3) is 0.185. The molecule has 0 amide bonds. The molecule has 9 nitrogen and oxygen atoms in total. The number of furan rings is 1. The predicted octanol–water partition coefficient (Wildman–Crippen LogP) is 5.74. The number of hydrogen-bond donors (Lipinski definition) is 3. The zero-order valence-electron chi connectivity index (χ0n) is 21.3. The molecule has 5 aromatic rings. The Morgan fingerprint density at radius 3 is 2.58 bits per heavy atom. The van der Waals surface area contributed by atoms with E-state index in [1.165, 1.54) is 6.07 Å². The Kier molecular flexibility index (Phi) is 8.03. The molecular formula is C27H24F4N6O3. The number of pyridine rings is 1. The summed E-state index contributed by atoms with van der Waals surface area (Å²) in [6.07, 6.45) is 0.535. The largest absolute Gasteiger partial charge is 0.490 e. The highest BCUT2D eigenvalue weighted by Crippen LogP contribution is 2.31. The van der Waals surface area contributed by atoms with Crippen LogP contribution in [0.4, 0.5) is 29.1 Å². The van der Waals surface area contributed by atoms with Crippen LogP contribution in [0.1, 0.15) is 29.9 Å². The number of benzene rings is 2. The number of nitrogens with zero attached hydrogens (tertiary/aromatic N) is 4. The zero-order valence-corrected chi connectivity index (χ0v) is 21.3. The van der Waals surface area contributed by atoms with E-state index >= 15 is 4.39 Å². The lowest BCUT2D eigenvalue weighted by Gasteiger charge is -2.21. The van der Waals surface area contributed by atoms with E-state index in [9.17, 15) is 13.2 Å². The van der Waals surface area contributed by atoms with E-state index in [4.69, 9.17) is 25.0 Å². The number of carboxylic acids is 1. The summed E-state index contributed by atoms with van der Waals surface area (Å²) >= 11 is 0. The van der Waals surface area contributed by atoms with Crippen molar-refractivity contribution in [2.24, 2.45) is 7.05 Å². The summed E-state index contributed by atoms with van der Waals surface area (Å²) < 4.78 is 53.7. The van der Waals surface area contributed by atoms with Gasteiger partial charge in [-0.2, -0.15) is 18.3 Å². The Balaban J connectivity index is 0.000000470. The second kappa shape index (κ2) is 11.4. The molecule has 3 heterocycles. The van der Waals surface area contributed by atoms with Crippen molar-refractivity contribution < 1.29 is 31.9 Å². The second-order valence-electron chi connectivity index (χ2n) is 8.65. The van der Waals surface area contributed by atoms with Crippen LogP contribution in [0.2, 0.25) is 0 Å². The lowest BCUT2D eigenvalue weighted by Crippen LogP contribution is -2.21. The molecular weight excluding hydrogens is 532 g/mol. The van der Waals surface area contributed by atoms with Gasteiger partial charge in [0.25, 0.3) is 0 Å². The van der Waals surface area contributed by atoms with Crippen molar-refractivity contribution >= 4 is 28.2 Å². The summed E-state index contributed by atoms with van der Waals surface area (Å²) in [5.74, 6) is -1.51. The van der Waals surface area contributed by atoms with Crippen molar-refractivity contribution in [1.29, 1.82) is 0 Å². The third kappa shape index (κ3) is 6.20. The number of carboxylic acid groups (broad SMARTS) is 1. The first-order chi connectivity index (χ1) is 19.0. The maximum Gasteiger partial charge on any atom is 0.490 e. The number of halogens is 4. The summed E-state index contributed by atoms with van der Waals surface area (Å²) in [4.78, 5) is 17.8. The first-order valence-electron chi connectivity index (χ1n) is 11.9. The number of aryl methyl sites for hydroxylation is 2. The molecule has 0 spiro atoms. The van der Waals surface area contributed by atoms with E-state index in [1.807, 2.05) is 37.3 Å². The van der Waals surface area contributed by atoms with Crippen LogP contribution in [0, 0.1) is 5.82 Å². The Morgan fingerprint density at radius 2 is 1.93 bits per heavy atom. The molecule has 13 heteroatoms. The van der Waals surface area contributed by atoms with Gasteiger partial charge >= 0.3 is 12.1 Å². The molecule has 0 bridgehead atoms. The smallest absolute Gasteiger partial charge is 0.475 e. The third-order valence-corrected chi connectivity index (χ3v) is 5.96. The minimum absolute atomic E-state index is 0.313. The van der Waals surface area contributed by atoms with Gasteiger partial charge in [0.05, 0.1) is 11.8 Å². The quantitative estimate of drug-likeness (QED) is 0.226. The average Bonchev–Trinajstić information content (AvgIpc) is 3.58. The second-order valence-corrected chi connectivity index (χ2v) is 8.65. The zero-order chi connectivity index (χ0) is 29.0. The van der Waals surface area contributed by atoms with Gasteiger partial charge in [-0.15, -0.1) is 0 Å². The van der Waals surface area contributed by atoms with Gasteiger partial charge in [-0.1, -0.05) is 19.1 Å². The van der Waals surface area contributed by atoms with Gasteiger partial charge in [0.1, 0.15) is 23.9 Å². The average molecular weight is 557 g/mol. The summed E-state index contributed by atoms with van der Waals surface area (Å²) in [7, 11) is 1.80. The lowest BCUT2D eigenvalue weighted by atomic mass is 10.0. The van der Waals surface area contributed by atoms with Crippen molar-refractivity contribution in [2.75, 3.05) is 11.1 Å².